The molecule has 0 N–H and O–H groups in total. The maximum atomic E-state index is 12.5. The molecule has 19 heavy (non-hydrogen) atoms. The molecule has 0 spiro atoms. The first-order valence-electron chi connectivity index (χ1n) is 5.70. The Morgan fingerprint density at radius 3 is 2.58 bits per heavy atom. The molecule has 2 aromatic heterocycles. The molecule has 2 rings (SSSR count). The Bertz CT molecular complexity index is 667. The monoisotopic (exact) mass is 284 g/mol. The second-order valence-corrected chi connectivity index (χ2v) is 6.34. The van der Waals surface area contributed by atoms with E-state index in [4.69, 9.17) is 4.52 Å². The van der Waals surface area contributed by atoms with E-state index in [0.717, 1.165) is 5.69 Å². The van der Waals surface area contributed by atoms with E-state index in [1.807, 2.05) is 0 Å². The molecule has 2 heterocycles. The van der Waals surface area contributed by atoms with E-state index >= 15 is 0 Å². The highest BCUT2D eigenvalue weighted by atomic mass is 32.2. The maximum Gasteiger partial charge on any atom is 0.248 e. The van der Waals surface area contributed by atoms with Gasteiger partial charge in [0.2, 0.25) is 10.0 Å². The van der Waals surface area contributed by atoms with Gasteiger partial charge in [-0.05, 0) is 19.9 Å². The minimum absolute atomic E-state index is 0.136. The third-order valence-corrected chi connectivity index (χ3v) is 4.99. The van der Waals surface area contributed by atoms with Crippen molar-refractivity contribution in [2.45, 2.75) is 25.3 Å². The number of aromatic nitrogens is 3. The summed E-state index contributed by atoms with van der Waals surface area (Å²) in [6.07, 6.45) is 1.63. The highest BCUT2D eigenvalue weighted by Crippen LogP contribution is 2.23. The largest absolute Gasteiger partial charge is 0.360 e. The zero-order chi connectivity index (χ0) is 14.2. The van der Waals surface area contributed by atoms with Crippen LogP contribution in [0.3, 0.4) is 0 Å². The van der Waals surface area contributed by atoms with Crippen LogP contribution in [0.4, 0.5) is 0 Å². The topological polar surface area (TPSA) is 81.2 Å². The number of sulfonamides is 1. The number of rotatable bonds is 4. The van der Waals surface area contributed by atoms with Crippen LogP contribution >= 0.6 is 0 Å². The minimum atomic E-state index is -3.61. The number of aryl methyl sites for hydroxylation is 3. The molecule has 0 aliphatic heterocycles. The van der Waals surface area contributed by atoms with Crippen molar-refractivity contribution in [2.24, 2.45) is 7.05 Å². The summed E-state index contributed by atoms with van der Waals surface area (Å²) in [4.78, 5) is 0.136. The SMILES string of the molecule is Cc1noc(C)c1S(=O)(=O)N(C)Cc1ccnn1C. The molecule has 0 amide bonds. The molecule has 0 aromatic carbocycles. The van der Waals surface area contributed by atoms with Gasteiger partial charge in [-0.1, -0.05) is 5.16 Å². The van der Waals surface area contributed by atoms with Gasteiger partial charge >= 0.3 is 0 Å². The fourth-order valence-corrected chi connectivity index (χ4v) is 3.29. The van der Waals surface area contributed by atoms with Gasteiger partial charge in [-0.2, -0.15) is 9.40 Å². The molecule has 0 aliphatic rings. The molecule has 8 heteroatoms. The summed E-state index contributed by atoms with van der Waals surface area (Å²) in [5.41, 5.74) is 1.17. The van der Waals surface area contributed by atoms with Gasteiger partial charge in [-0.3, -0.25) is 4.68 Å². The van der Waals surface area contributed by atoms with Gasteiger partial charge in [-0.25, -0.2) is 8.42 Å². The van der Waals surface area contributed by atoms with Crippen LogP contribution in [0.1, 0.15) is 17.1 Å². The van der Waals surface area contributed by atoms with Crippen molar-refractivity contribution in [1.82, 2.24) is 19.2 Å². The highest BCUT2D eigenvalue weighted by Gasteiger charge is 2.28. The van der Waals surface area contributed by atoms with Crippen LogP contribution in [-0.4, -0.2) is 34.7 Å². The molecule has 0 saturated heterocycles. The van der Waals surface area contributed by atoms with Gasteiger partial charge in [0, 0.05) is 20.3 Å². The molecule has 104 valence electrons. The van der Waals surface area contributed by atoms with Gasteiger partial charge < -0.3 is 4.52 Å². The van der Waals surface area contributed by atoms with Crippen LogP contribution in [0, 0.1) is 13.8 Å². The molecule has 0 unspecified atom stereocenters. The lowest BCUT2D eigenvalue weighted by molar-refractivity contribution is 0.389. The quantitative estimate of drug-likeness (QED) is 0.831. The summed E-state index contributed by atoms with van der Waals surface area (Å²) >= 11 is 0. The summed E-state index contributed by atoms with van der Waals surface area (Å²) < 4.78 is 32.8. The van der Waals surface area contributed by atoms with Crippen LogP contribution in [0.2, 0.25) is 0 Å². The van der Waals surface area contributed by atoms with Crippen LogP contribution < -0.4 is 0 Å². The summed E-state index contributed by atoms with van der Waals surface area (Å²) in [5.74, 6) is 0.300. The van der Waals surface area contributed by atoms with Crippen LogP contribution in [0.15, 0.2) is 21.7 Å². The van der Waals surface area contributed by atoms with Crippen molar-refractivity contribution in [3.8, 4) is 0 Å². The lowest BCUT2D eigenvalue weighted by Crippen LogP contribution is -2.28. The lowest BCUT2D eigenvalue weighted by Gasteiger charge is -2.16. The first-order valence-corrected chi connectivity index (χ1v) is 7.14. The molecule has 0 bridgehead atoms. The summed E-state index contributed by atoms with van der Waals surface area (Å²) in [5, 5.41) is 7.69. The molecule has 7 nitrogen and oxygen atoms in total. The van der Waals surface area contributed by atoms with Crippen LogP contribution in [-0.2, 0) is 23.6 Å². The van der Waals surface area contributed by atoms with Crippen molar-refractivity contribution < 1.29 is 12.9 Å². The lowest BCUT2D eigenvalue weighted by atomic mass is 10.4. The Balaban J connectivity index is 2.33. The van der Waals surface area contributed by atoms with Crippen molar-refractivity contribution in [1.29, 1.82) is 0 Å². The normalized spacial score (nSPS) is 12.3. The minimum Gasteiger partial charge on any atom is -0.360 e. The van der Waals surface area contributed by atoms with Crippen molar-refractivity contribution in [3.05, 3.63) is 29.4 Å². The summed E-state index contributed by atoms with van der Waals surface area (Å²) in [6, 6.07) is 1.78. The third kappa shape index (κ3) is 2.41. The Labute approximate surface area is 111 Å². The molecule has 0 fully saturated rings. The molecule has 0 atom stereocenters. The molecule has 0 saturated carbocycles. The second kappa shape index (κ2) is 4.78. The van der Waals surface area contributed by atoms with Crippen LogP contribution in [0.5, 0.6) is 0 Å². The van der Waals surface area contributed by atoms with E-state index in [1.165, 1.54) is 11.4 Å². The summed E-state index contributed by atoms with van der Waals surface area (Å²) in [7, 11) is -0.322. The van der Waals surface area contributed by atoms with Gasteiger partial charge in [0.15, 0.2) is 5.76 Å². The van der Waals surface area contributed by atoms with Crippen molar-refractivity contribution in [2.75, 3.05) is 7.05 Å². The average molecular weight is 284 g/mol. The molecule has 0 radical (unpaired) electrons. The molecule has 2 aromatic rings. The van der Waals surface area contributed by atoms with E-state index < -0.39 is 10.0 Å². The second-order valence-electron chi connectivity index (χ2n) is 4.36. The first kappa shape index (κ1) is 13.8. The molecular weight excluding hydrogens is 268 g/mol. The zero-order valence-electron chi connectivity index (χ0n) is 11.3. The first-order chi connectivity index (χ1) is 8.84. The maximum absolute atomic E-state index is 12.5. The van der Waals surface area contributed by atoms with Gasteiger partial charge in [-0.15, -0.1) is 0 Å². The van der Waals surface area contributed by atoms with Crippen molar-refractivity contribution in [3.63, 3.8) is 0 Å². The molecule has 0 aliphatic carbocycles. The Kier molecular flexibility index (Phi) is 3.46. The summed E-state index contributed by atoms with van der Waals surface area (Å²) in [6.45, 7) is 3.44. The van der Waals surface area contributed by atoms with Gasteiger partial charge in [0.25, 0.3) is 0 Å². The third-order valence-electron chi connectivity index (χ3n) is 2.94. The average Bonchev–Trinajstić information content (AvgIpc) is 2.86. The van der Waals surface area contributed by atoms with Crippen LogP contribution in [0.25, 0.3) is 0 Å². The predicted molar refractivity (Wildman–Crippen MR) is 67.8 cm³/mol. The number of hydrogen-bond acceptors (Lipinski definition) is 5. The van der Waals surface area contributed by atoms with Crippen molar-refractivity contribution >= 4 is 10.0 Å². The number of nitrogens with zero attached hydrogens (tertiary/aromatic N) is 4. The Hall–Kier alpha value is -1.67. The van der Waals surface area contributed by atoms with Gasteiger partial charge in [0.1, 0.15) is 10.6 Å². The Morgan fingerprint density at radius 1 is 1.42 bits per heavy atom. The fourth-order valence-electron chi connectivity index (χ4n) is 1.87. The highest BCUT2D eigenvalue weighted by molar-refractivity contribution is 7.89. The fraction of sp³-hybridized carbons (Fsp3) is 0.455. The van der Waals surface area contributed by atoms with Gasteiger partial charge in [0.05, 0.1) is 12.2 Å². The standard InChI is InChI=1S/C11H16N4O3S/c1-8-11(9(2)18-13-8)19(16,17)14(3)7-10-5-6-12-15(10)4/h5-6H,7H2,1-4H3. The van der Waals surface area contributed by atoms with E-state index in [-0.39, 0.29) is 11.4 Å². The van der Waals surface area contributed by atoms with E-state index in [9.17, 15) is 8.42 Å². The number of hydrogen-bond donors (Lipinski definition) is 0. The smallest absolute Gasteiger partial charge is 0.248 e. The van der Waals surface area contributed by atoms with E-state index in [0.29, 0.717) is 11.5 Å². The van der Waals surface area contributed by atoms with E-state index in [2.05, 4.69) is 10.3 Å². The zero-order valence-corrected chi connectivity index (χ0v) is 12.1. The molecular formula is C11H16N4O3S. The predicted octanol–water partition coefficient (Wildman–Crippen LogP) is 0.846. The van der Waals surface area contributed by atoms with E-state index in [1.54, 1.807) is 37.8 Å². The Morgan fingerprint density at radius 2 is 2.11 bits per heavy atom.